The maximum atomic E-state index is 11.0. The molecule has 0 aromatic rings. The Morgan fingerprint density at radius 3 is 2.23 bits per heavy atom. The molecule has 0 bridgehead atoms. The number of carbonyl (C=O) groups is 1. The lowest BCUT2D eigenvalue weighted by Crippen LogP contribution is -1.96. The minimum Gasteiger partial charge on any atom is -0.300 e. The Labute approximate surface area is 81.2 Å². The molecule has 0 N–H and O–H groups in total. The fraction of sp³-hybridized carbons (Fsp3) is 0.750. The summed E-state index contributed by atoms with van der Waals surface area (Å²) in [6.07, 6.45) is 3.06. The van der Waals surface area contributed by atoms with Crippen molar-refractivity contribution in [1.82, 2.24) is 0 Å². The van der Waals surface area contributed by atoms with Gasteiger partial charge in [0.15, 0.2) is 0 Å². The predicted octanol–water partition coefficient (Wildman–Crippen LogP) is 3.20. The van der Waals surface area contributed by atoms with E-state index in [1.54, 1.807) is 6.92 Å². The van der Waals surface area contributed by atoms with Crippen LogP contribution >= 0.6 is 0 Å². The molecular weight excluding hydrogens is 160 g/mol. The van der Waals surface area contributed by atoms with Crippen molar-refractivity contribution in [1.29, 1.82) is 0 Å². The molecule has 2 unspecified atom stereocenters. The molecule has 2 atom stereocenters. The van der Waals surface area contributed by atoms with Crippen LogP contribution in [0.1, 0.15) is 41.0 Å². The van der Waals surface area contributed by atoms with Crippen molar-refractivity contribution in [3.8, 4) is 0 Å². The zero-order chi connectivity index (χ0) is 10.2. The van der Waals surface area contributed by atoms with Crippen molar-refractivity contribution in [2.45, 2.75) is 41.0 Å². The van der Waals surface area contributed by atoms with Gasteiger partial charge in [-0.15, -0.1) is 0 Å². The molecule has 1 heteroatoms. The van der Waals surface area contributed by atoms with Crippen LogP contribution in [-0.4, -0.2) is 5.78 Å². The third kappa shape index (κ3) is 2.20. The molecule has 0 aromatic heterocycles. The minimum atomic E-state index is 0.322. The van der Waals surface area contributed by atoms with Crippen molar-refractivity contribution < 1.29 is 4.79 Å². The third-order valence-electron chi connectivity index (χ3n) is 3.16. The number of rotatable bonds is 3. The van der Waals surface area contributed by atoms with Crippen molar-refractivity contribution in [3.63, 3.8) is 0 Å². The molecule has 0 amide bonds. The maximum absolute atomic E-state index is 11.0. The first-order valence-electron chi connectivity index (χ1n) is 5.00. The predicted molar refractivity (Wildman–Crippen MR) is 55.5 cm³/mol. The second kappa shape index (κ2) is 3.28. The van der Waals surface area contributed by atoms with Crippen LogP contribution in [0.15, 0.2) is 11.6 Å². The summed E-state index contributed by atoms with van der Waals surface area (Å²) in [5, 5.41) is 0. The van der Waals surface area contributed by atoms with E-state index >= 15 is 0 Å². The van der Waals surface area contributed by atoms with Crippen molar-refractivity contribution in [2.24, 2.45) is 17.3 Å². The molecule has 0 aromatic carbocycles. The standard InChI is InChI=1S/C12H20O/c1-8(2)6-10-11(7-9(3)13)12(10,4)5/h6,10-11H,7H2,1-5H3. The second-order valence-corrected chi connectivity index (χ2v) is 5.10. The van der Waals surface area contributed by atoms with Gasteiger partial charge in [0, 0.05) is 6.42 Å². The van der Waals surface area contributed by atoms with Gasteiger partial charge in [0.1, 0.15) is 5.78 Å². The third-order valence-corrected chi connectivity index (χ3v) is 3.16. The van der Waals surface area contributed by atoms with E-state index in [9.17, 15) is 4.79 Å². The van der Waals surface area contributed by atoms with Crippen LogP contribution in [0.3, 0.4) is 0 Å². The molecule has 0 radical (unpaired) electrons. The van der Waals surface area contributed by atoms with E-state index in [1.165, 1.54) is 5.57 Å². The van der Waals surface area contributed by atoms with Crippen LogP contribution in [0.5, 0.6) is 0 Å². The monoisotopic (exact) mass is 180 g/mol. The van der Waals surface area contributed by atoms with Crippen LogP contribution in [0.2, 0.25) is 0 Å². The average Bonchev–Trinajstić information content (AvgIpc) is 2.36. The Morgan fingerprint density at radius 2 is 1.85 bits per heavy atom. The Kier molecular flexibility index (Phi) is 2.65. The molecule has 1 fully saturated rings. The zero-order valence-electron chi connectivity index (χ0n) is 9.35. The molecular formula is C12H20O. The summed E-state index contributed by atoms with van der Waals surface area (Å²) in [7, 11) is 0. The summed E-state index contributed by atoms with van der Waals surface area (Å²) < 4.78 is 0. The Morgan fingerprint density at radius 1 is 1.31 bits per heavy atom. The van der Waals surface area contributed by atoms with Gasteiger partial charge in [-0.3, -0.25) is 0 Å². The molecule has 0 aliphatic heterocycles. The summed E-state index contributed by atoms with van der Waals surface area (Å²) in [5.41, 5.74) is 1.72. The lowest BCUT2D eigenvalue weighted by molar-refractivity contribution is -0.117. The van der Waals surface area contributed by atoms with E-state index in [0.29, 0.717) is 23.0 Å². The van der Waals surface area contributed by atoms with Gasteiger partial charge in [0.2, 0.25) is 0 Å². The Bertz CT molecular complexity index is 244. The molecule has 13 heavy (non-hydrogen) atoms. The van der Waals surface area contributed by atoms with Crippen LogP contribution in [-0.2, 0) is 4.79 Å². The topological polar surface area (TPSA) is 17.1 Å². The van der Waals surface area contributed by atoms with Gasteiger partial charge in [-0.1, -0.05) is 25.5 Å². The SMILES string of the molecule is CC(=O)CC1C(C=C(C)C)C1(C)C. The van der Waals surface area contributed by atoms with Crippen molar-refractivity contribution >= 4 is 5.78 Å². The normalized spacial score (nSPS) is 29.6. The first kappa shape index (κ1) is 10.5. The van der Waals surface area contributed by atoms with Crippen LogP contribution < -0.4 is 0 Å². The van der Waals surface area contributed by atoms with Gasteiger partial charge in [-0.25, -0.2) is 0 Å². The summed E-state index contributed by atoms with van der Waals surface area (Å²) in [5.74, 6) is 1.53. The highest BCUT2D eigenvalue weighted by atomic mass is 16.1. The van der Waals surface area contributed by atoms with Crippen LogP contribution in [0.25, 0.3) is 0 Å². The van der Waals surface area contributed by atoms with Crippen molar-refractivity contribution in [3.05, 3.63) is 11.6 Å². The van der Waals surface area contributed by atoms with Gasteiger partial charge >= 0.3 is 0 Å². The molecule has 1 rings (SSSR count). The molecule has 1 nitrogen and oxygen atoms in total. The average molecular weight is 180 g/mol. The fourth-order valence-electron chi connectivity index (χ4n) is 2.18. The molecule has 0 heterocycles. The van der Waals surface area contributed by atoms with E-state index in [0.717, 1.165) is 6.42 Å². The lowest BCUT2D eigenvalue weighted by Gasteiger charge is -1.98. The first-order chi connectivity index (χ1) is 5.85. The van der Waals surface area contributed by atoms with Gasteiger partial charge in [-0.2, -0.15) is 0 Å². The minimum absolute atomic E-state index is 0.322. The Hall–Kier alpha value is -0.590. The quantitative estimate of drug-likeness (QED) is 0.609. The number of carbonyl (C=O) groups excluding carboxylic acids is 1. The summed E-state index contributed by atoms with van der Waals surface area (Å²) >= 11 is 0. The number of allylic oxidation sites excluding steroid dienone is 2. The maximum Gasteiger partial charge on any atom is 0.130 e. The number of Topliss-reactive ketones (excluding diaryl/α,β-unsaturated/α-hetero) is 1. The molecule has 1 saturated carbocycles. The highest BCUT2D eigenvalue weighted by molar-refractivity contribution is 5.76. The van der Waals surface area contributed by atoms with Gasteiger partial charge in [-0.05, 0) is 38.0 Å². The van der Waals surface area contributed by atoms with E-state index < -0.39 is 0 Å². The molecule has 74 valence electrons. The highest BCUT2D eigenvalue weighted by Gasteiger charge is 2.55. The fourth-order valence-corrected chi connectivity index (χ4v) is 2.18. The molecule has 0 spiro atoms. The van der Waals surface area contributed by atoms with Gasteiger partial charge in [0.25, 0.3) is 0 Å². The van der Waals surface area contributed by atoms with E-state index in [4.69, 9.17) is 0 Å². The van der Waals surface area contributed by atoms with Gasteiger partial charge in [0.05, 0.1) is 0 Å². The van der Waals surface area contributed by atoms with Crippen LogP contribution in [0.4, 0.5) is 0 Å². The summed E-state index contributed by atoms with van der Waals surface area (Å²) in [6, 6.07) is 0. The number of ketones is 1. The molecule has 1 aliphatic carbocycles. The molecule has 1 aliphatic rings. The van der Waals surface area contributed by atoms with Gasteiger partial charge < -0.3 is 4.79 Å². The van der Waals surface area contributed by atoms with E-state index in [2.05, 4.69) is 33.8 Å². The van der Waals surface area contributed by atoms with E-state index in [1.807, 2.05) is 0 Å². The summed E-state index contributed by atoms with van der Waals surface area (Å²) in [4.78, 5) is 11.0. The first-order valence-corrected chi connectivity index (χ1v) is 5.00. The second-order valence-electron chi connectivity index (χ2n) is 5.10. The largest absolute Gasteiger partial charge is 0.300 e. The van der Waals surface area contributed by atoms with E-state index in [-0.39, 0.29) is 0 Å². The van der Waals surface area contributed by atoms with Crippen LogP contribution in [0, 0.1) is 17.3 Å². The smallest absolute Gasteiger partial charge is 0.130 e. The summed E-state index contributed by atoms with van der Waals surface area (Å²) in [6.45, 7) is 10.4. The zero-order valence-corrected chi connectivity index (χ0v) is 9.35. The Balaban J connectivity index is 2.61. The highest BCUT2D eigenvalue weighted by Crippen LogP contribution is 2.60. The number of hydrogen-bond donors (Lipinski definition) is 0. The molecule has 0 saturated heterocycles. The lowest BCUT2D eigenvalue weighted by atomic mass is 10.1. The number of hydrogen-bond acceptors (Lipinski definition) is 1. The van der Waals surface area contributed by atoms with Crippen molar-refractivity contribution in [2.75, 3.05) is 0 Å².